The third kappa shape index (κ3) is 2.67. The minimum atomic E-state index is 0. The van der Waals surface area contributed by atoms with Crippen LogP contribution < -0.4 is 0 Å². The van der Waals surface area contributed by atoms with E-state index in [-0.39, 0.29) is 25.9 Å². The molecule has 3 radical (unpaired) electrons. The Hall–Kier alpha value is -1.90. The molecule has 0 fully saturated rings. The molecule has 3 aromatic rings. The van der Waals surface area contributed by atoms with Gasteiger partial charge in [0.2, 0.25) is 0 Å². The molecule has 3 nitrogen and oxygen atoms in total. The fourth-order valence-electron chi connectivity index (χ4n) is 2.04. The van der Waals surface area contributed by atoms with Crippen molar-refractivity contribution >= 4 is 0 Å². The minimum absolute atomic E-state index is 0. The maximum absolute atomic E-state index is 9.95. The summed E-state index contributed by atoms with van der Waals surface area (Å²) in [5.74, 6) is 0.812. The average Bonchev–Trinajstić information content (AvgIpc) is 2.82. The Morgan fingerprint density at radius 1 is 0.950 bits per heavy atom. The summed E-state index contributed by atoms with van der Waals surface area (Å²) >= 11 is 0. The second kappa shape index (κ2) is 6.04. The number of hydrogen-bond acceptors (Lipinski definition) is 2. The molecule has 2 aromatic carbocycles. The van der Waals surface area contributed by atoms with Gasteiger partial charge in [0.15, 0.2) is 0 Å². The third-order valence-corrected chi connectivity index (χ3v) is 2.90. The Morgan fingerprint density at radius 3 is 2.30 bits per heavy atom. The average molecular weight is 441 g/mol. The Labute approximate surface area is 131 Å². The Kier molecular flexibility index (Phi) is 4.38. The standard InChI is InChI=1S/C16H12N2O.Ir/c1-12-11-18(13-7-3-2-4-8-13)16(17-12)14-9-5-6-10-15(14)19;/h1-11,19H;. The van der Waals surface area contributed by atoms with E-state index in [9.17, 15) is 5.11 Å². The first-order valence-corrected chi connectivity index (χ1v) is 5.94. The van der Waals surface area contributed by atoms with Crippen molar-refractivity contribution in [2.45, 2.75) is 0 Å². The number of hydrogen-bond donors (Lipinski definition) is 1. The van der Waals surface area contributed by atoms with Crippen molar-refractivity contribution in [2.24, 2.45) is 0 Å². The second-order valence-corrected chi connectivity index (χ2v) is 4.21. The number of phenolic OH excluding ortho intramolecular Hbond substituents is 1. The fraction of sp³-hybridized carbons (Fsp3) is 0. The Morgan fingerprint density at radius 2 is 1.60 bits per heavy atom. The minimum Gasteiger partial charge on any atom is -0.507 e. The van der Waals surface area contributed by atoms with Crippen molar-refractivity contribution in [1.82, 2.24) is 9.55 Å². The smallest absolute Gasteiger partial charge is 0.148 e. The predicted molar refractivity (Wildman–Crippen MR) is 74.1 cm³/mol. The van der Waals surface area contributed by atoms with E-state index in [0.717, 1.165) is 5.69 Å². The van der Waals surface area contributed by atoms with E-state index < -0.39 is 0 Å². The van der Waals surface area contributed by atoms with E-state index in [1.807, 2.05) is 47.0 Å². The van der Waals surface area contributed by atoms with E-state index in [1.54, 1.807) is 18.3 Å². The van der Waals surface area contributed by atoms with Crippen LogP contribution in [0.4, 0.5) is 0 Å². The monoisotopic (exact) mass is 441 g/mol. The molecular weight excluding hydrogens is 428 g/mol. The summed E-state index contributed by atoms with van der Waals surface area (Å²) in [7, 11) is 0. The fourth-order valence-corrected chi connectivity index (χ4v) is 2.04. The SMILES string of the molecule is [CH]c1cn(-c2ccccc2)c(-c2ccccc2O)n1.[Ir]. The molecule has 0 aliphatic carbocycles. The van der Waals surface area contributed by atoms with Crippen molar-refractivity contribution in [2.75, 3.05) is 0 Å². The molecule has 0 amide bonds. The molecule has 0 aliphatic rings. The first-order valence-electron chi connectivity index (χ1n) is 5.94. The molecular formula is C16H12IrN2O. The van der Waals surface area contributed by atoms with Gasteiger partial charge >= 0.3 is 0 Å². The van der Waals surface area contributed by atoms with Gasteiger partial charge in [-0.05, 0) is 24.3 Å². The predicted octanol–water partition coefficient (Wildman–Crippen LogP) is 3.30. The summed E-state index contributed by atoms with van der Waals surface area (Å²) in [6, 6.07) is 16.8. The van der Waals surface area contributed by atoms with E-state index in [2.05, 4.69) is 4.98 Å². The number of rotatable bonds is 2. The van der Waals surface area contributed by atoms with Crippen molar-refractivity contribution in [3.8, 4) is 22.8 Å². The maximum Gasteiger partial charge on any atom is 0.148 e. The number of benzene rings is 2. The molecule has 3 rings (SSSR count). The number of para-hydroxylation sites is 2. The van der Waals surface area contributed by atoms with Gasteiger partial charge in [-0.1, -0.05) is 30.3 Å². The van der Waals surface area contributed by atoms with E-state index >= 15 is 0 Å². The van der Waals surface area contributed by atoms with Crippen LogP contribution >= 0.6 is 0 Å². The number of aromatic nitrogens is 2. The van der Waals surface area contributed by atoms with Crippen LogP contribution in [0.15, 0.2) is 60.8 Å². The van der Waals surface area contributed by atoms with Gasteiger partial charge in [0.25, 0.3) is 0 Å². The third-order valence-electron chi connectivity index (χ3n) is 2.90. The van der Waals surface area contributed by atoms with Crippen molar-refractivity contribution < 1.29 is 25.2 Å². The van der Waals surface area contributed by atoms with Gasteiger partial charge in [-0.2, -0.15) is 0 Å². The Bertz CT molecular complexity index is 708. The molecule has 4 heteroatoms. The van der Waals surface area contributed by atoms with Gasteiger partial charge in [0, 0.05) is 38.9 Å². The molecule has 0 aliphatic heterocycles. The van der Waals surface area contributed by atoms with Crippen LogP contribution in [0, 0.1) is 6.92 Å². The molecule has 0 saturated carbocycles. The summed E-state index contributed by atoms with van der Waals surface area (Å²) in [6.45, 7) is 5.79. The van der Waals surface area contributed by atoms with Gasteiger partial charge in [-0.15, -0.1) is 0 Å². The molecule has 0 spiro atoms. The van der Waals surface area contributed by atoms with Crippen LogP contribution in [0.25, 0.3) is 17.1 Å². The topological polar surface area (TPSA) is 38.0 Å². The second-order valence-electron chi connectivity index (χ2n) is 4.21. The molecule has 0 bridgehead atoms. The molecule has 20 heavy (non-hydrogen) atoms. The quantitative estimate of drug-likeness (QED) is 0.664. The van der Waals surface area contributed by atoms with Gasteiger partial charge in [0.1, 0.15) is 11.6 Å². The van der Waals surface area contributed by atoms with Gasteiger partial charge in [0.05, 0.1) is 11.3 Å². The van der Waals surface area contributed by atoms with Crippen LogP contribution in [-0.4, -0.2) is 14.7 Å². The van der Waals surface area contributed by atoms with E-state index in [0.29, 0.717) is 17.1 Å². The summed E-state index contributed by atoms with van der Waals surface area (Å²) in [5.41, 5.74) is 2.02. The summed E-state index contributed by atoms with van der Waals surface area (Å²) in [5, 5.41) is 9.95. The molecule has 1 N–H and O–H groups in total. The van der Waals surface area contributed by atoms with Crippen LogP contribution in [0.1, 0.15) is 5.69 Å². The van der Waals surface area contributed by atoms with E-state index in [4.69, 9.17) is 6.92 Å². The van der Waals surface area contributed by atoms with Crippen LogP contribution in [0.2, 0.25) is 0 Å². The zero-order chi connectivity index (χ0) is 13.2. The van der Waals surface area contributed by atoms with Crippen LogP contribution in [-0.2, 0) is 20.1 Å². The first kappa shape index (κ1) is 14.5. The molecule has 1 aromatic heterocycles. The zero-order valence-corrected chi connectivity index (χ0v) is 12.9. The van der Waals surface area contributed by atoms with Crippen molar-refractivity contribution in [3.05, 3.63) is 73.4 Å². The number of nitrogens with zero attached hydrogens (tertiary/aromatic N) is 2. The molecule has 1 heterocycles. The van der Waals surface area contributed by atoms with Crippen LogP contribution in [0.5, 0.6) is 5.75 Å². The van der Waals surface area contributed by atoms with Crippen LogP contribution in [0.3, 0.4) is 0 Å². The van der Waals surface area contributed by atoms with Crippen molar-refractivity contribution in [1.29, 1.82) is 0 Å². The normalized spacial score (nSPS) is 10.1. The molecule has 0 atom stereocenters. The first-order chi connectivity index (χ1) is 9.25. The summed E-state index contributed by atoms with van der Waals surface area (Å²) < 4.78 is 1.87. The summed E-state index contributed by atoms with van der Waals surface area (Å²) in [4.78, 5) is 4.30. The number of phenols is 1. The summed E-state index contributed by atoms with van der Waals surface area (Å²) in [6.07, 6.45) is 1.75. The van der Waals surface area contributed by atoms with Gasteiger partial charge in [-0.3, -0.25) is 4.57 Å². The number of imidazole rings is 1. The molecule has 0 unspecified atom stereocenters. The Balaban J connectivity index is 0.00000147. The zero-order valence-electron chi connectivity index (χ0n) is 10.5. The maximum atomic E-state index is 9.95. The number of aromatic hydroxyl groups is 1. The van der Waals surface area contributed by atoms with E-state index in [1.165, 1.54) is 0 Å². The molecule has 0 saturated heterocycles. The van der Waals surface area contributed by atoms with Crippen molar-refractivity contribution in [3.63, 3.8) is 0 Å². The van der Waals surface area contributed by atoms with Gasteiger partial charge < -0.3 is 5.11 Å². The van der Waals surface area contributed by atoms with Gasteiger partial charge in [-0.25, -0.2) is 4.98 Å². The largest absolute Gasteiger partial charge is 0.507 e. The molecule has 101 valence electrons.